The predicted octanol–water partition coefficient (Wildman–Crippen LogP) is 7.19. The van der Waals surface area contributed by atoms with Gasteiger partial charge in [-0.1, -0.05) is 11.6 Å². The van der Waals surface area contributed by atoms with Gasteiger partial charge in [0, 0.05) is 30.9 Å². The lowest BCUT2D eigenvalue weighted by Crippen LogP contribution is -2.07. The largest absolute Gasteiger partial charge is 0.434 e. The molecule has 1 aliphatic heterocycles. The van der Waals surface area contributed by atoms with Crippen molar-refractivity contribution in [2.75, 3.05) is 0 Å². The van der Waals surface area contributed by atoms with Gasteiger partial charge in [-0.25, -0.2) is 4.98 Å². The highest BCUT2D eigenvalue weighted by atomic mass is 35.5. The third-order valence-electron chi connectivity index (χ3n) is 6.39. The number of aromatic nitrogens is 6. The fraction of sp³-hybridized carbons (Fsp3) is 0.385. The molecular weight excluding hydrogens is 503 g/mol. The van der Waals surface area contributed by atoms with E-state index < -0.39 is 11.9 Å². The number of rotatable bonds is 5. The maximum atomic E-state index is 13.2. The molecule has 7 nitrogen and oxygen atoms in total. The van der Waals surface area contributed by atoms with E-state index in [0.717, 1.165) is 54.8 Å². The number of aliphatic imine (C=N–C) groups is 1. The van der Waals surface area contributed by atoms with Gasteiger partial charge in [0.2, 0.25) is 0 Å². The minimum atomic E-state index is -4.49. The Hall–Kier alpha value is -3.40. The van der Waals surface area contributed by atoms with Crippen LogP contribution in [0.1, 0.15) is 57.5 Å². The lowest BCUT2D eigenvalue weighted by atomic mass is 10.1. The van der Waals surface area contributed by atoms with Crippen molar-refractivity contribution in [2.45, 2.75) is 65.3 Å². The van der Waals surface area contributed by atoms with E-state index in [1.807, 2.05) is 41.4 Å². The molecule has 4 aromatic rings. The highest BCUT2D eigenvalue weighted by molar-refractivity contribution is 6.33. The minimum Gasteiger partial charge on any atom is -0.331 e. The molecule has 1 aromatic carbocycles. The molecule has 194 valence electrons. The molecular formula is C26H27ClF3N7. The Morgan fingerprint density at radius 1 is 1.14 bits per heavy atom. The van der Waals surface area contributed by atoms with Crippen LogP contribution in [0.15, 0.2) is 47.7 Å². The van der Waals surface area contributed by atoms with Gasteiger partial charge >= 0.3 is 6.18 Å². The molecule has 37 heavy (non-hydrogen) atoms. The van der Waals surface area contributed by atoms with E-state index in [1.165, 1.54) is 4.57 Å². The van der Waals surface area contributed by atoms with Crippen LogP contribution in [0, 0.1) is 0 Å². The van der Waals surface area contributed by atoms with Crippen LogP contribution >= 0.6 is 11.6 Å². The summed E-state index contributed by atoms with van der Waals surface area (Å²) in [7, 11) is 0. The van der Waals surface area contributed by atoms with E-state index in [2.05, 4.69) is 10.1 Å². The molecule has 0 amide bonds. The molecule has 0 atom stereocenters. The molecule has 0 N–H and O–H groups in total. The molecule has 3 aromatic heterocycles. The summed E-state index contributed by atoms with van der Waals surface area (Å²) in [4.78, 5) is 8.75. The maximum Gasteiger partial charge on any atom is 0.434 e. The summed E-state index contributed by atoms with van der Waals surface area (Å²) >= 11 is 6.47. The van der Waals surface area contributed by atoms with Gasteiger partial charge in [-0.15, -0.1) is 0 Å². The number of imidazole rings is 1. The van der Waals surface area contributed by atoms with Crippen LogP contribution in [0.5, 0.6) is 0 Å². The summed E-state index contributed by atoms with van der Waals surface area (Å²) < 4.78 is 44.9. The topological polar surface area (TPSA) is 65.8 Å². The molecule has 0 spiro atoms. The van der Waals surface area contributed by atoms with E-state index in [-0.39, 0.29) is 11.9 Å². The fourth-order valence-corrected chi connectivity index (χ4v) is 4.79. The van der Waals surface area contributed by atoms with Gasteiger partial charge in [0.1, 0.15) is 17.2 Å². The van der Waals surface area contributed by atoms with Crippen molar-refractivity contribution < 1.29 is 13.2 Å². The average molecular weight is 530 g/mol. The molecule has 0 radical (unpaired) electrons. The number of fused-ring (bicyclic) bond motifs is 1. The summed E-state index contributed by atoms with van der Waals surface area (Å²) in [6.45, 7) is 7.04. The van der Waals surface area contributed by atoms with Crippen molar-refractivity contribution in [3.05, 3.63) is 59.1 Å². The summed E-state index contributed by atoms with van der Waals surface area (Å²) in [6.07, 6.45) is 0.947. The van der Waals surface area contributed by atoms with Crippen LogP contribution in [0.4, 0.5) is 18.9 Å². The van der Waals surface area contributed by atoms with Crippen molar-refractivity contribution in [3.8, 4) is 22.8 Å². The number of nitrogens with zero attached hydrogens (tertiary/aromatic N) is 7. The molecule has 5 rings (SSSR count). The Morgan fingerprint density at radius 3 is 2.57 bits per heavy atom. The number of halogens is 4. The van der Waals surface area contributed by atoms with Crippen LogP contribution in [0.2, 0.25) is 5.02 Å². The van der Waals surface area contributed by atoms with Gasteiger partial charge in [-0.2, -0.15) is 23.4 Å². The normalized spacial score (nSPS) is 15.4. The second-order valence-corrected chi connectivity index (χ2v) is 9.72. The summed E-state index contributed by atoms with van der Waals surface area (Å²) in [5, 5.41) is 9.78. The van der Waals surface area contributed by atoms with Gasteiger partial charge in [0.25, 0.3) is 0 Å². The van der Waals surface area contributed by atoms with E-state index in [0.29, 0.717) is 22.8 Å². The fourth-order valence-electron chi connectivity index (χ4n) is 4.57. The van der Waals surface area contributed by atoms with Gasteiger partial charge in [-0.3, -0.25) is 14.4 Å². The van der Waals surface area contributed by atoms with Gasteiger partial charge < -0.3 is 4.57 Å². The van der Waals surface area contributed by atoms with Crippen molar-refractivity contribution >= 4 is 23.0 Å². The Labute approximate surface area is 217 Å². The zero-order valence-electron chi connectivity index (χ0n) is 20.8. The standard InChI is InChI=1S/C26H27ClF3N7/c1-4-35-15-23(26(28,29)30)33-25(35)17-8-10-18(11-9-17)32-20-7-5-6-12-36-22(20)13-21(34-36)24-19(27)14-31-37(24)16(2)3/h8-11,13-16H,4-7,12H2,1-3H3. The first kappa shape index (κ1) is 25.3. The Morgan fingerprint density at radius 2 is 1.89 bits per heavy atom. The Balaban J connectivity index is 1.48. The molecule has 4 heterocycles. The number of alkyl halides is 3. The van der Waals surface area contributed by atoms with Crippen LogP contribution in [0.25, 0.3) is 22.8 Å². The molecule has 0 unspecified atom stereocenters. The number of hydrogen-bond donors (Lipinski definition) is 0. The number of benzene rings is 1. The SMILES string of the molecule is CCn1cc(C(F)(F)F)nc1-c1ccc(N=C2CCCCn3nc(-c4c(Cl)cnn4C(C)C)cc32)cc1. The van der Waals surface area contributed by atoms with Crippen LogP contribution in [-0.2, 0) is 19.3 Å². The Bertz CT molecular complexity index is 1440. The minimum absolute atomic E-state index is 0.131. The monoisotopic (exact) mass is 529 g/mol. The first-order chi connectivity index (χ1) is 17.7. The smallest absolute Gasteiger partial charge is 0.331 e. The quantitative estimate of drug-likeness (QED) is 0.275. The van der Waals surface area contributed by atoms with Gasteiger partial charge in [0.15, 0.2) is 5.69 Å². The number of hydrogen-bond acceptors (Lipinski definition) is 4. The third-order valence-corrected chi connectivity index (χ3v) is 6.67. The lowest BCUT2D eigenvalue weighted by molar-refractivity contribution is -0.140. The van der Waals surface area contributed by atoms with Gasteiger partial charge in [0.05, 0.1) is 28.3 Å². The molecule has 0 saturated carbocycles. The summed E-state index contributed by atoms with van der Waals surface area (Å²) in [5.74, 6) is 0.282. The van der Waals surface area contributed by atoms with Crippen LogP contribution < -0.4 is 0 Å². The van der Waals surface area contributed by atoms with Crippen molar-refractivity contribution in [2.24, 2.45) is 4.99 Å². The molecule has 0 saturated heterocycles. The molecule has 0 bridgehead atoms. The summed E-state index contributed by atoms with van der Waals surface area (Å²) in [6, 6.07) is 9.27. The molecule has 0 fully saturated rings. The molecule has 0 aliphatic carbocycles. The zero-order valence-corrected chi connectivity index (χ0v) is 21.6. The first-order valence-electron chi connectivity index (χ1n) is 12.3. The zero-order chi connectivity index (χ0) is 26.3. The highest BCUT2D eigenvalue weighted by Crippen LogP contribution is 2.33. The second kappa shape index (κ2) is 9.81. The maximum absolute atomic E-state index is 13.2. The molecule has 11 heteroatoms. The highest BCUT2D eigenvalue weighted by Gasteiger charge is 2.34. The summed E-state index contributed by atoms with van der Waals surface area (Å²) in [5.41, 5.74) is 3.80. The third kappa shape index (κ3) is 4.94. The van der Waals surface area contributed by atoms with Crippen LogP contribution in [0.3, 0.4) is 0 Å². The van der Waals surface area contributed by atoms with Crippen molar-refractivity contribution in [1.29, 1.82) is 0 Å². The Kier molecular flexibility index (Phi) is 6.70. The van der Waals surface area contributed by atoms with E-state index in [4.69, 9.17) is 21.7 Å². The van der Waals surface area contributed by atoms with Crippen molar-refractivity contribution in [3.63, 3.8) is 0 Å². The second-order valence-electron chi connectivity index (χ2n) is 9.31. The van der Waals surface area contributed by atoms with Gasteiger partial charge in [-0.05, 0) is 70.4 Å². The van der Waals surface area contributed by atoms with E-state index in [9.17, 15) is 13.2 Å². The molecule has 1 aliphatic rings. The average Bonchev–Trinajstić information content (AvgIpc) is 3.55. The lowest BCUT2D eigenvalue weighted by Gasteiger charge is -2.09. The van der Waals surface area contributed by atoms with Crippen molar-refractivity contribution in [1.82, 2.24) is 29.1 Å². The van der Waals surface area contributed by atoms with Crippen LogP contribution in [-0.4, -0.2) is 34.8 Å². The first-order valence-corrected chi connectivity index (χ1v) is 12.7. The van der Waals surface area contributed by atoms with E-state index in [1.54, 1.807) is 25.3 Å². The predicted molar refractivity (Wildman–Crippen MR) is 137 cm³/mol. The van der Waals surface area contributed by atoms with E-state index >= 15 is 0 Å². The number of aryl methyl sites for hydroxylation is 2.